The lowest BCUT2D eigenvalue weighted by atomic mass is 10.3. The molecule has 0 radical (unpaired) electrons. The number of nitrogens with zero attached hydrogens (tertiary/aromatic N) is 1. The van der Waals surface area contributed by atoms with E-state index in [1.54, 1.807) is 0 Å². The summed E-state index contributed by atoms with van der Waals surface area (Å²) in [6.45, 7) is 5.42. The van der Waals surface area contributed by atoms with E-state index in [1.165, 1.54) is 4.90 Å². The first-order chi connectivity index (χ1) is 9.83. The summed E-state index contributed by atoms with van der Waals surface area (Å²) in [6.07, 6.45) is 0. The summed E-state index contributed by atoms with van der Waals surface area (Å²) in [4.78, 5) is 20.6. The highest BCUT2D eigenvalue weighted by molar-refractivity contribution is 5.75. The van der Waals surface area contributed by atoms with Crippen molar-refractivity contribution < 1.29 is 9.64 Å². The van der Waals surface area contributed by atoms with Crippen LogP contribution in [-0.4, -0.2) is 49.4 Å². The first-order valence-corrected chi connectivity index (χ1v) is 6.97. The molecular weight excluding hydrogens is 256 g/mol. The van der Waals surface area contributed by atoms with Gasteiger partial charge in [-0.3, -0.25) is 4.79 Å². The SMILES string of the molecule is O=c1[nH]c2ccccc2nc1NCC[NH+]1CCOCC1. The first-order valence-electron chi connectivity index (χ1n) is 6.97. The van der Waals surface area contributed by atoms with Crippen molar-refractivity contribution in [2.75, 3.05) is 44.7 Å². The molecule has 0 amide bonds. The van der Waals surface area contributed by atoms with E-state index in [2.05, 4.69) is 15.3 Å². The van der Waals surface area contributed by atoms with Gasteiger partial charge in [-0.15, -0.1) is 0 Å². The van der Waals surface area contributed by atoms with Gasteiger partial charge in [-0.05, 0) is 12.1 Å². The van der Waals surface area contributed by atoms with Crippen LogP contribution in [0.15, 0.2) is 29.1 Å². The van der Waals surface area contributed by atoms with Gasteiger partial charge in [0.2, 0.25) is 0 Å². The van der Waals surface area contributed by atoms with Crippen molar-refractivity contribution >= 4 is 16.9 Å². The Kier molecular flexibility index (Phi) is 3.94. The lowest BCUT2D eigenvalue weighted by molar-refractivity contribution is -0.906. The third-order valence-electron chi connectivity index (χ3n) is 3.57. The summed E-state index contributed by atoms with van der Waals surface area (Å²) in [5, 5.41) is 3.14. The fourth-order valence-electron chi connectivity index (χ4n) is 2.42. The number of hydrogen-bond acceptors (Lipinski definition) is 4. The molecule has 20 heavy (non-hydrogen) atoms. The fourth-order valence-corrected chi connectivity index (χ4v) is 2.42. The summed E-state index contributed by atoms with van der Waals surface area (Å²) in [5.74, 6) is 0.399. The normalized spacial score (nSPS) is 16.4. The van der Waals surface area contributed by atoms with Gasteiger partial charge in [-0.1, -0.05) is 12.1 Å². The van der Waals surface area contributed by atoms with Crippen molar-refractivity contribution in [2.24, 2.45) is 0 Å². The number of rotatable bonds is 4. The molecule has 2 heterocycles. The van der Waals surface area contributed by atoms with E-state index in [1.807, 2.05) is 24.3 Å². The number of hydrogen-bond donors (Lipinski definition) is 3. The maximum absolute atomic E-state index is 11.9. The highest BCUT2D eigenvalue weighted by Crippen LogP contribution is 2.07. The largest absolute Gasteiger partial charge is 0.370 e. The molecule has 0 aliphatic carbocycles. The lowest BCUT2D eigenvalue weighted by Crippen LogP contribution is -3.14. The fraction of sp³-hybridized carbons (Fsp3) is 0.429. The van der Waals surface area contributed by atoms with Crippen LogP contribution in [0.2, 0.25) is 0 Å². The number of benzene rings is 1. The van der Waals surface area contributed by atoms with E-state index in [0.717, 1.165) is 50.4 Å². The number of aromatic amines is 1. The Hall–Kier alpha value is -1.92. The zero-order chi connectivity index (χ0) is 13.8. The number of morpholine rings is 1. The Bertz CT molecular complexity index is 634. The van der Waals surface area contributed by atoms with E-state index < -0.39 is 0 Å². The summed E-state index contributed by atoms with van der Waals surface area (Å²) in [7, 11) is 0. The number of fused-ring (bicyclic) bond motifs is 1. The van der Waals surface area contributed by atoms with Gasteiger partial charge in [-0.2, -0.15) is 0 Å². The second kappa shape index (κ2) is 6.02. The van der Waals surface area contributed by atoms with Gasteiger partial charge >= 0.3 is 0 Å². The number of para-hydroxylation sites is 2. The van der Waals surface area contributed by atoms with Gasteiger partial charge in [0.05, 0.1) is 37.3 Å². The molecule has 1 aromatic carbocycles. The smallest absolute Gasteiger partial charge is 0.291 e. The molecule has 2 aromatic rings. The molecule has 6 heteroatoms. The van der Waals surface area contributed by atoms with Crippen LogP contribution < -0.4 is 15.8 Å². The highest BCUT2D eigenvalue weighted by Gasteiger charge is 2.13. The van der Waals surface area contributed by atoms with Gasteiger partial charge in [0.1, 0.15) is 13.1 Å². The van der Waals surface area contributed by atoms with Crippen LogP contribution in [-0.2, 0) is 4.74 Å². The Morgan fingerprint density at radius 1 is 1.30 bits per heavy atom. The van der Waals surface area contributed by atoms with Crippen molar-refractivity contribution in [1.29, 1.82) is 0 Å². The molecule has 1 saturated heterocycles. The molecule has 1 aliphatic heterocycles. The summed E-state index contributed by atoms with van der Waals surface area (Å²) in [5.41, 5.74) is 1.40. The molecule has 3 rings (SSSR count). The number of nitrogens with one attached hydrogen (secondary N) is 3. The number of H-pyrrole nitrogens is 1. The van der Waals surface area contributed by atoms with Gasteiger partial charge < -0.3 is 19.9 Å². The van der Waals surface area contributed by atoms with E-state index >= 15 is 0 Å². The van der Waals surface area contributed by atoms with Crippen molar-refractivity contribution in [1.82, 2.24) is 9.97 Å². The molecule has 0 atom stereocenters. The molecule has 106 valence electrons. The molecular formula is C14H19N4O2+. The molecule has 1 aliphatic rings. The standard InChI is InChI=1S/C14H18N4O2/c19-14-13(15-5-6-18-7-9-20-10-8-18)16-11-3-1-2-4-12(11)17-14/h1-4H,5-10H2,(H,15,16)(H,17,19)/p+1. The summed E-state index contributed by atoms with van der Waals surface area (Å²) < 4.78 is 5.32. The minimum absolute atomic E-state index is 0.166. The molecule has 0 unspecified atom stereocenters. The Labute approximate surface area is 116 Å². The number of aromatic nitrogens is 2. The first kappa shape index (κ1) is 13.1. The Morgan fingerprint density at radius 2 is 2.10 bits per heavy atom. The molecule has 6 nitrogen and oxygen atoms in total. The van der Waals surface area contributed by atoms with Crippen molar-refractivity contribution in [3.05, 3.63) is 34.6 Å². The summed E-state index contributed by atoms with van der Waals surface area (Å²) in [6, 6.07) is 7.54. The van der Waals surface area contributed by atoms with E-state index in [0.29, 0.717) is 5.82 Å². The molecule has 3 N–H and O–H groups in total. The highest BCUT2D eigenvalue weighted by atomic mass is 16.5. The van der Waals surface area contributed by atoms with Crippen molar-refractivity contribution in [3.8, 4) is 0 Å². The number of ether oxygens (including phenoxy) is 1. The second-order valence-corrected chi connectivity index (χ2v) is 4.97. The quantitative estimate of drug-likeness (QED) is 0.686. The second-order valence-electron chi connectivity index (χ2n) is 4.97. The zero-order valence-electron chi connectivity index (χ0n) is 11.3. The molecule has 0 saturated carbocycles. The topological polar surface area (TPSA) is 71.5 Å². The molecule has 1 aromatic heterocycles. The number of anilines is 1. The van der Waals surface area contributed by atoms with Crippen LogP contribution in [0, 0.1) is 0 Å². The average molecular weight is 275 g/mol. The van der Waals surface area contributed by atoms with Gasteiger partial charge in [0, 0.05) is 0 Å². The maximum atomic E-state index is 11.9. The van der Waals surface area contributed by atoms with Gasteiger partial charge in [-0.25, -0.2) is 4.98 Å². The maximum Gasteiger partial charge on any atom is 0.291 e. The zero-order valence-corrected chi connectivity index (χ0v) is 11.3. The molecule has 0 bridgehead atoms. The summed E-state index contributed by atoms with van der Waals surface area (Å²) >= 11 is 0. The van der Waals surface area contributed by atoms with Gasteiger partial charge in [0.25, 0.3) is 5.56 Å². The van der Waals surface area contributed by atoms with E-state index in [9.17, 15) is 4.79 Å². The lowest BCUT2D eigenvalue weighted by Gasteiger charge is -2.23. The van der Waals surface area contributed by atoms with Gasteiger partial charge in [0.15, 0.2) is 5.82 Å². The Morgan fingerprint density at radius 3 is 2.95 bits per heavy atom. The van der Waals surface area contributed by atoms with Crippen LogP contribution >= 0.6 is 0 Å². The Balaban J connectivity index is 1.64. The monoisotopic (exact) mass is 275 g/mol. The molecule has 0 spiro atoms. The van der Waals surface area contributed by atoms with Crippen LogP contribution in [0.3, 0.4) is 0 Å². The minimum atomic E-state index is -0.166. The predicted molar refractivity (Wildman–Crippen MR) is 77.2 cm³/mol. The predicted octanol–water partition coefficient (Wildman–Crippen LogP) is -0.750. The van der Waals surface area contributed by atoms with Crippen LogP contribution in [0.1, 0.15) is 0 Å². The average Bonchev–Trinajstić information content (AvgIpc) is 2.49. The number of quaternary nitrogens is 1. The van der Waals surface area contributed by atoms with E-state index in [4.69, 9.17) is 4.74 Å². The van der Waals surface area contributed by atoms with Crippen LogP contribution in [0.25, 0.3) is 11.0 Å². The van der Waals surface area contributed by atoms with E-state index in [-0.39, 0.29) is 5.56 Å². The van der Waals surface area contributed by atoms with Crippen LogP contribution in [0.5, 0.6) is 0 Å². The third kappa shape index (κ3) is 2.97. The van der Waals surface area contributed by atoms with Crippen molar-refractivity contribution in [3.63, 3.8) is 0 Å². The third-order valence-corrected chi connectivity index (χ3v) is 3.57. The minimum Gasteiger partial charge on any atom is -0.370 e. The van der Waals surface area contributed by atoms with Crippen LogP contribution in [0.4, 0.5) is 5.82 Å². The van der Waals surface area contributed by atoms with Crippen molar-refractivity contribution in [2.45, 2.75) is 0 Å². The molecule has 1 fully saturated rings.